The molecule has 4 nitrogen and oxygen atoms in total. The number of nitrogens with one attached hydrogen (secondary N) is 1. The Hall–Kier alpha value is -0.610. The molecule has 1 unspecified atom stereocenters. The lowest BCUT2D eigenvalue weighted by Crippen LogP contribution is -2.40. The fourth-order valence-electron chi connectivity index (χ4n) is 0.829. The number of carbonyl (C=O) groups excluding carboxylic acids is 1. The van der Waals surface area contributed by atoms with E-state index in [2.05, 4.69) is 5.32 Å². The van der Waals surface area contributed by atoms with Gasteiger partial charge in [0.1, 0.15) is 0 Å². The number of amides is 1. The van der Waals surface area contributed by atoms with Crippen LogP contribution in [0.1, 0.15) is 27.7 Å². The third-order valence-corrected chi connectivity index (χ3v) is 2.41. The first-order valence-corrected chi connectivity index (χ1v) is 4.85. The largest absolute Gasteiger partial charge is 0.394 e. The molecule has 3 N–H and O–H groups in total. The Kier molecular flexibility index (Phi) is 5.08. The zero-order chi connectivity index (χ0) is 11.4. The second-order valence-corrected chi connectivity index (χ2v) is 4.67. The molecule has 0 aliphatic rings. The molecular formula is C10H21NO3. The van der Waals surface area contributed by atoms with E-state index in [1.807, 2.05) is 27.7 Å². The smallest absolute Gasteiger partial charge is 0.223 e. The molecule has 0 aromatic heterocycles. The molecule has 84 valence electrons. The fraction of sp³-hybridized carbons (Fsp3) is 0.900. The van der Waals surface area contributed by atoms with Crippen molar-refractivity contribution in [2.24, 2.45) is 11.3 Å². The van der Waals surface area contributed by atoms with Crippen LogP contribution < -0.4 is 5.32 Å². The van der Waals surface area contributed by atoms with Gasteiger partial charge < -0.3 is 15.5 Å². The molecule has 0 radical (unpaired) electrons. The van der Waals surface area contributed by atoms with Gasteiger partial charge in [-0.25, -0.2) is 0 Å². The average Bonchev–Trinajstić information content (AvgIpc) is 2.10. The maximum atomic E-state index is 11.5. The third-order valence-electron chi connectivity index (χ3n) is 2.41. The Morgan fingerprint density at radius 3 is 2.29 bits per heavy atom. The summed E-state index contributed by atoms with van der Waals surface area (Å²) in [6, 6.07) is 0. The molecule has 0 heterocycles. The van der Waals surface area contributed by atoms with E-state index in [9.17, 15) is 4.79 Å². The quantitative estimate of drug-likeness (QED) is 0.608. The number of hydrogen-bond acceptors (Lipinski definition) is 3. The molecule has 4 heteroatoms. The second-order valence-electron chi connectivity index (χ2n) is 4.67. The summed E-state index contributed by atoms with van der Waals surface area (Å²) in [5.74, 6) is -0.210. The lowest BCUT2D eigenvalue weighted by molar-refractivity contribution is -0.128. The van der Waals surface area contributed by atoms with E-state index in [0.29, 0.717) is 0 Å². The summed E-state index contributed by atoms with van der Waals surface area (Å²) >= 11 is 0. The molecule has 0 spiro atoms. The van der Waals surface area contributed by atoms with Gasteiger partial charge in [-0.2, -0.15) is 0 Å². The van der Waals surface area contributed by atoms with Crippen molar-refractivity contribution in [1.29, 1.82) is 0 Å². The summed E-state index contributed by atoms with van der Waals surface area (Å²) in [4.78, 5) is 11.5. The van der Waals surface area contributed by atoms with Crippen LogP contribution in [0.25, 0.3) is 0 Å². The monoisotopic (exact) mass is 203 g/mol. The predicted molar refractivity (Wildman–Crippen MR) is 54.7 cm³/mol. The van der Waals surface area contributed by atoms with Crippen molar-refractivity contribution in [3.05, 3.63) is 0 Å². The minimum Gasteiger partial charge on any atom is -0.394 e. The first kappa shape index (κ1) is 13.4. The van der Waals surface area contributed by atoms with Crippen LogP contribution in [0.3, 0.4) is 0 Å². The molecule has 0 rings (SSSR count). The van der Waals surface area contributed by atoms with E-state index in [-0.39, 0.29) is 30.4 Å². The van der Waals surface area contributed by atoms with Crippen LogP contribution in [0, 0.1) is 11.3 Å². The van der Waals surface area contributed by atoms with Crippen LogP contribution in [0.4, 0.5) is 0 Å². The minimum atomic E-state index is -0.869. The van der Waals surface area contributed by atoms with Crippen molar-refractivity contribution >= 4 is 5.91 Å². The Morgan fingerprint density at radius 1 is 1.43 bits per heavy atom. The molecule has 0 saturated heterocycles. The number of rotatable bonds is 4. The first-order chi connectivity index (χ1) is 6.29. The number of aliphatic hydroxyl groups is 2. The summed E-state index contributed by atoms with van der Waals surface area (Å²) in [5.41, 5.74) is -0.0890. The zero-order valence-corrected chi connectivity index (χ0v) is 9.37. The van der Waals surface area contributed by atoms with Crippen LogP contribution >= 0.6 is 0 Å². The van der Waals surface area contributed by atoms with Gasteiger partial charge in [-0.3, -0.25) is 4.79 Å². The molecule has 0 saturated carbocycles. The molecule has 2 atom stereocenters. The van der Waals surface area contributed by atoms with E-state index in [1.54, 1.807) is 0 Å². The van der Waals surface area contributed by atoms with Crippen LogP contribution in [-0.4, -0.2) is 35.4 Å². The Balaban J connectivity index is 3.97. The van der Waals surface area contributed by atoms with Crippen molar-refractivity contribution in [1.82, 2.24) is 5.32 Å². The van der Waals surface area contributed by atoms with Gasteiger partial charge in [0.05, 0.1) is 12.7 Å². The van der Waals surface area contributed by atoms with Gasteiger partial charge in [-0.1, -0.05) is 27.7 Å². The molecule has 0 bridgehead atoms. The Morgan fingerprint density at radius 2 is 1.93 bits per heavy atom. The van der Waals surface area contributed by atoms with Gasteiger partial charge in [-0.05, 0) is 5.41 Å². The SMILES string of the molecule is CC(C(=O)NC[C@@H](O)CO)C(C)(C)C. The number of carbonyl (C=O) groups is 1. The first-order valence-electron chi connectivity index (χ1n) is 4.85. The molecule has 0 aromatic carbocycles. The van der Waals surface area contributed by atoms with Crippen molar-refractivity contribution in [3.63, 3.8) is 0 Å². The van der Waals surface area contributed by atoms with Crippen LogP contribution in [0.15, 0.2) is 0 Å². The van der Waals surface area contributed by atoms with E-state index >= 15 is 0 Å². The van der Waals surface area contributed by atoms with E-state index in [4.69, 9.17) is 10.2 Å². The summed E-state index contributed by atoms with van der Waals surface area (Å²) in [5, 5.41) is 20.2. The van der Waals surface area contributed by atoms with Gasteiger partial charge in [0, 0.05) is 12.5 Å². The highest BCUT2D eigenvalue weighted by molar-refractivity contribution is 5.78. The van der Waals surface area contributed by atoms with Gasteiger partial charge in [0.2, 0.25) is 5.91 Å². The van der Waals surface area contributed by atoms with Crippen LogP contribution in [-0.2, 0) is 4.79 Å². The van der Waals surface area contributed by atoms with Crippen molar-refractivity contribution in [3.8, 4) is 0 Å². The van der Waals surface area contributed by atoms with Gasteiger partial charge in [0.25, 0.3) is 0 Å². The van der Waals surface area contributed by atoms with Crippen LogP contribution in [0.5, 0.6) is 0 Å². The molecule has 0 aliphatic heterocycles. The maximum Gasteiger partial charge on any atom is 0.223 e. The van der Waals surface area contributed by atoms with Crippen molar-refractivity contribution in [2.45, 2.75) is 33.8 Å². The van der Waals surface area contributed by atoms with Crippen molar-refractivity contribution < 1.29 is 15.0 Å². The van der Waals surface area contributed by atoms with E-state index < -0.39 is 6.10 Å². The summed E-state index contributed by atoms with van der Waals surface area (Å²) in [6.45, 7) is 7.58. The number of aliphatic hydroxyl groups excluding tert-OH is 2. The predicted octanol–water partition coefficient (Wildman–Crippen LogP) is 0.138. The molecule has 0 aromatic rings. The molecule has 0 aliphatic carbocycles. The topological polar surface area (TPSA) is 69.6 Å². The molecule has 1 amide bonds. The zero-order valence-electron chi connectivity index (χ0n) is 9.37. The minimum absolute atomic E-state index is 0.0890. The Bertz CT molecular complexity index is 186. The summed E-state index contributed by atoms with van der Waals surface area (Å²) in [7, 11) is 0. The van der Waals surface area contributed by atoms with Crippen LogP contribution in [0.2, 0.25) is 0 Å². The average molecular weight is 203 g/mol. The highest BCUT2D eigenvalue weighted by Crippen LogP contribution is 2.25. The van der Waals surface area contributed by atoms with E-state index in [0.717, 1.165) is 0 Å². The van der Waals surface area contributed by atoms with Gasteiger partial charge in [0.15, 0.2) is 0 Å². The molecule has 0 fully saturated rings. The lowest BCUT2D eigenvalue weighted by Gasteiger charge is -2.26. The number of hydrogen-bond donors (Lipinski definition) is 3. The standard InChI is InChI=1S/C10H21NO3/c1-7(10(2,3)4)9(14)11-5-8(13)6-12/h7-8,12-13H,5-6H2,1-4H3,(H,11,14)/t7?,8-/m1/s1. The van der Waals surface area contributed by atoms with Crippen molar-refractivity contribution in [2.75, 3.05) is 13.2 Å². The fourth-order valence-corrected chi connectivity index (χ4v) is 0.829. The molecular weight excluding hydrogens is 182 g/mol. The van der Waals surface area contributed by atoms with Gasteiger partial charge in [-0.15, -0.1) is 0 Å². The summed E-state index contributed by atoms with van der Waals surface area (Å²) in [6.07, 6.45) is -0.869. The lowest BCUT2D eigenvalue weighted by atomic mass is 9.81. The highest BCUT2D eigenvalue weighted by Gasteiger charge is 2.26. The highest BCUT2D eigenvalue weighted by atomic mass is 16.3. The summed E-state index contributed by atoms with van der Waals surface area (Å²) < 4.78 is 0. The van der Waals surface area contributed by atoms with Gasteiger partial charge >= 0.3 is 0 Å². The maximum absolute atomic E-state index is 11.5. The second kappa shape index (κ2) is 5.32. The normalized spacial score (nSPS) is 16.1. The molecule has 14 heavy (non-hydrogen) atoms. The third kappa shape index (κ3) is 4.58. The van der Waals surface area contributed by atoms with E-state index in [1.165, 1.54) is 0 Å². The Labute approximate surface area is 85.3 Å².